The Kier molecular flexibility index (Phi) is 5.21. The van der Waals surface area contributed by atoms with Crippen LogP contribution >= 0.6 is 0 Å². The second-order valence-corrected chi connectivity index (χ2v) is 6.79. The molecule has 3 N–H and O–H groups in total. The van der Waals surface area contributed by atoms with Crippen LogP contribution in [-0.2, 0) is 10.2 Å². The molecule has 0 aromatic carbocycles. The molecule has 0 aromatic rings. The molecular formula is C11H24N2O2S. The molecule has 1 fully saturated rings. The van der Waals surface area contributed by atoms with E-state index in [1.165, 1.54) is 19.3 Å². The molecule has 5 heteroatoms. The fourth-order valence-electron chi connectivity index (χ4n) is 2.57. The van der Waals surface area contributed by atoms with Crippen molar-refractivity contribution >= 4 is 10.2 Å². The lowest BCUT2D eigenvalue weighted by molar-refractivity contribution is 0.245. The van der Waals surface area contributed by atoms with Crippen molar-refractivity contribution in [1.82, 2.24) is 4.72 Å². The average molecular weight is 248 g/mol. The van der Waals surface area contributed by atoms with Gasteiger partial charge in [0.05, 0.1) is 0 Å². The van der Waals surface area contributed by atoms with Crippen molar-refractivity contribution in [3.8, 4) is 0 Å². The van der Waals surface area contributed by atoms with Gasteiger partial charge in [0.25, 0.3) is 10.2 Å². The fraction of sp³-hybridized carbons (Fsp3) is 1.00. The highest BCUT2D eigenvalue weighted by molar-refractivity contribution is 7.87. The van der Waals surface area contributed by atoms with Crippen LogP contribution in [0, 0.1) is 17.8 Å². The number of hydrogen-bond donors (Lipinski definition) is 2. The normalized spacial score (nSPS) is 27.2. The highest BCUT2D eigenvalue weighted by Gasteiger charge is 2.22. The minimum absolute atomic E-state index is 0.474. The van der Waals surface area contributed by atoms with Gasteiger partial charge in [0.2, 0.25) is 0 Å². The van der Waals surface area contributed by atoms with Gasteiger partial charge in [0, 0.05) is 6.54 Å². The van der Waals surface area contributed by atoms with Gasteiger partial charge < -0.3 is 0 Å². The summed E-state index contributed by atoms with van der Waals surface area (Å²) in [5, 5.41) is 4.91. The second-order valence-electron chi connectivity index (χ2n) is 5.41. The lowest BCUT2D eigenvalue weighted by Gasteiger charge is -2.29. The maximum atomic E-state index is 10.8. The fourth-order valence-corrected chi connectivity index (χ4v) is 3.04. The third-order valence-electron chi connectivity index (χ3n) is 3.34. The molecule has 16 heavy (non-hydrogen) atoms. The summed E-state index contributed by atoms with van der Waals surface area (Å²) in [4.78, 5) is 0. The molecule has 0 bridgehead atoms. The predicted octanol–water partition coefficient (Wildman–Crippen LogP) is 1.63. The van der Waals surface area contributed by atoms with E-state index in [2.05, 4.69) is 18.6 Å². The second kappa shape index (κ2) is 5.98. The van der Waals surface area contributed by atoms with Gasteiger partial charge in [-0.25, -0.2) is 9.86 Å². The van der Waals surface area contributed by atoms with Crippen LogP contribution in [0.3, 0.4) is 0 Å². The number of nitrogens with two attached hydrogens (primary N) is 1. The Labute approximate surface area is 99.2 Å². The summed E-state index contributed by atoms with van der Waals surface area (Å²) >= 11 is 0. The summed E-state index contributed by atoms with van der Waals surface area (Å²) < 4.78 is 23.9. The number of nitrogens with one attached hydrogen (secondary N) is 1. The molecule has 0 saturated heterocycles. The SMILES string of the molecule is CC(C)CC1CCC(CNS(N)(=O)=O)CC1. The van der Waals surface area contributed by atoms with Crippen LogP contribution in [0.25, 0.3) is 0 Å². The van der Waals surface area contributed by atoms with Crippen molar-refractivity contribution in [2.75, 3.05) is 6.54 Å². The van der Waals surface area contributed by atoms with E-state index in [-0.39, 0.29) is 0 Å². The number of hydrogen-bond acceptors (Lipinski definition) is 2. The van der Waals surface area contributed by atoms with Crippen LogP contribution in [0.1, 0.15) is 46.0 Å². The third-order valence-corrected chi connectivity index (χ3v) is 3.91. The van der Waals surface area contributed by atoms with Crippen LogP contribution in [0.15, 0.2) is 0 Å². The Hall–Kier alpha value is -0.130. The van der Waals surface area contributed by atoms with Crippen molar-refractivity contribution < 1.29 is 8.42 Å². The maximum Gasteiger partial charge on any atom is 0.274 e. The molecule has 0 heterocycles. The van der Waals surface area contributed by atoms with Crippen LogP contribution in [-0.4, -0.2) is 15.0 Å². The first-order valence-electron chi connectivity index (χ1n) is 6.14. The van der Waals surface area contributed by atoms with Gasteiger partial charge in [0.1, 0.15) is 0 Å². The molecule has 1 aliphatic rings. The van der Waals surface area contributed by atoms with Gasteiger partial charge in [-0.05, 0) is 37.0 Å². The molecule has 0 atom stereocenters. The van der Waals surface area contributed by atoms with E-state index in [1.807, 2.05) is 0 Å². The predicted molar refractivity (Wildman–Crippen MR) is 66.0 cm³/mol. The zero-order valence-corrected chi connectivity index (χ0v) is 11.1. The van der Waals surface area contributed by atoms with Crippen LogP contribution in [0.4, 0.5) is 0 Å². The quantitative estimate of drug-likeness (QED) is 0.776. The summed E-state index contributed by atoms with van der Waals surface area (Å²) in [5.74, 6) is 2.08. The Balaban J connectivity index is 2.22. The number of rotatable bonds is 5. The lowest BCUT2D eigenvalue weighted by Crippen LogP contribution is -2.35. The molecule has 1 rings (SSSR count). The molecule has 4 nitrogen and oxygen atoms in total. The van der Waals surface area contributed by atoms with E-state index in [0.29, 0.717) is 12.5 Å². The topological polar surface area (TPSA) is 72.2 Å². The Morgan fingerprint density at radius 3 is 2.12 bits per heavy atom. The Morgan fingerprint density at radius 1 is 1.19 bits per heavy atom. The minimum Gasteiger partial charge on any atom is -0.216 e. The first-order chi connectivity index (χ1) is 7.37. The largest absolute Gasteiger partial charge is 0.274 e. The van der Waals surface area contributed by atoms with E-state index in [4.69, 9.17) is 5.14 Å². The molecule has 0 radical (unpaired) electrons. The van der Waals surface area contributed by atoms with E-state index in [1.54, 1.807) is 0 Å². The molecule has 0 aromatic heterocycles. The van der Waals surface area contributed by atoms with Gasteiger partial charge >= 0.3 is 0 Å². The van der Waals surface area contributed by atoms with Crippen molar-refractivity contribution in [3.63, 3.8) is 0 Å². The minimum atomic E-state index is -3.51. The summed E-state index contributed by atoms with van der Waals surface area (Å²) in [6, 6.07) is 0. The van der Waals surface area contributed by atoms with Gasteiger partial charge in [0.15, 0.2) is 0 Å². The Morgan fingerprint density at radius 2 is 1.69 bits per heavy atom. The standard InChI is InChI=1S/C11H24N2O2S/c1-9(2)7-10-3-5-11(6-4-10)8-13-16(12,14)15/h9-11,13H,3-8H2,1-2H3,(H2,12,14,15). The molecule has 1 saturated carbocycles. The van der Waals surface area contributed by atoms with E-state index in [9.17, 15) is 8.42 Å². The molecule has 1 aliphatic carbocycles. The summed E-state index contributed by atoms with van der Waals surface area (Å²) in [6.07, 6.45) is 6.01. The zero-order chi connectivity index (χ0) is 12.2. The molecular weight excluding hydrogens is 224 g/mol. The molecule has 0 spiro atoms. The Bertz CT molecular complexity index is 293. The first-order valence-corrected chi connectivity index (χ1v) is 7.69. The molecule has 0 aliphatic heterocycles. The molecule has 96 valence electrons. The van der Waals surface area contributed by atoms with Crippen LogP contribution in [0.2, 0.25) is 0 Å². The van der Waals surface area contributed by atoms with Crippen LogP contribution in [0.5, 0.6) is 0 Å². The van der Waals surface area contributed by atoms with Crippen molar-refractivity contribution in [2.24, 2.45) is 22.9 Å². The van der Waals surface area contributed by atoms with Crippen molar-refractivity contribution in [1.29, 1.82) is 0 Å². The molecule has 0 unspecified atom stereocenters. The summed E-state index contributed by atoms with van der Waals surface area (Å²) in [6.45, 7) is 5.02. The average Bonchev–Trinajstić information content (AvgIpc) is 2.14. The van der Waals surface area contributed by atoms with E-state index < -0.39 is 10.2 Å². The van der Waals surface area contributed by atoms with E-state index in [0.717, 1.165) is 24.7 Å². The van der Waals surface area contributed by atoms with Gasteiger partial charge in [-0.15, -0.1) is 0 Å². The van der Waals surface area contributed by atoms with Crippen molar-refractivity contribution in [2.45, 2.75) is 46.0 Å². The first kappa shape index (κ1) is 13.9. The smallest absolute Gasteiger partial charge is 0.216 e. The summed E-state index contributed by atoms with van der Waals surface area (Å²) in [7, 11) is -3.51. The third kappa shape index (κ3) is 5.82. The lowest BCUT2D eigenvalue weighted by atomic mass is 9.78. The zero-order valence-electron chi connectivity index (χ0n) is 10.3. The van der Waals surface area contributed by atoms with E-state index >= 15 is 0 Å². The van der Waals surface area contributed by atoms with Gasteiger partial charge in [-0.3, -0.25) is 0 Å². The highest BCUT2D eigenvalue weighted by Crippen LogP contribution is 2.32. The van der Waals surface area contributed by atoms with Crippen LogP contribution < -0.4 is 9.86 Å². The summed E-state index contributed by atoms with van der Waals surface area (Å²) in [5.41, 5.74) is 0. The highest BCUT2D eigenvalue weighted by atomic mass is 32.2. The van der Waals surface area contributed by atoms with Crippen molar-refractivity contribution in [3.05, 3.63) is 0 Å². The van der Waals surface area contributed by atoms with Gasteiger partial charge in [-0.1, -0.05) is 26.7 Å². The maximum absolute atomic E-state index is 10.8. The molecule has 0 amide bonds. The monoisotopic (exact) mass is 248 g/mol. The van der Waals surface area contributed by atoms with Gasteiger partial charge in [-0.2, -0.15) is 8.42 Å².